The molecule has 19 aromatic carbocycles. The summed E-state index contributed by atoms with van der Waals surface area (Å²) in [5.41, 5.74) is 59.3. The fraction of sp³-hybridized carbons (Fsp3) is 0.00741. The van der Waals surface area contributed by atoms with E-state index in [0.29, 0.717) is 0 Å². The molecule has 0 unspecified atom stereocenters. The maximum Gasteiger partial charge on any atom is 0.329 e. The Hall–Kier alpha value is -18.8. The maximum atomic E-state index is 4.56. The van der Waals surface area contributed by atoms with E-state index in [4.69, 9.17) is 0 Å². The molecule has 23 aromatic rings. The van der Waals surface area contributed by atoms with Crippen LogP contribution in [0.2, 0.25) is 0 Å². The summed E-state index contributed by atoms with van der Waals surface area (Å²) in [5, 5.41) is 0. The van der Waals surface area contributed by atoms with Crippen LogP contribution in [0.5, 0.6) is 0 Å². The topological polar surface area (TPSA) is 64.5 Å². The van der Waals surface area contributed by atoms with Gasteiger partial charge in [-0.05, 0) is 284 Å². The zero-order valence-electron chi connectivity index (χ0n) is 80.6. The lowest BCUT2D eigenvalue weighted by atomic mass is 9.43. The first-order valence-electron chi connectivity index (χ1n) is 50.7. The van der Waals surface area contributed by atoms with Crippen LogP contribution in [0.3, 0.4) is 0 Å². The number of nitrogens with zero attached hydrogens (tertiary/aromatic N) is 8. The van der Waals surface area contributed by atoms with E-state index in [9.17, 15) is 0 Å². The molecule has 0 atom stereocenters. The molecule has 12 heterocycles. The number of benzene rings is 19. The SMILES string of the molecule is Cc1cncc(-c2ccc3c(c2)-c2ccccc2B2c4ccccc4-c4ccccc4N23)c1.c1cc(-c2ccncc2)cc(-c2ccc3c(c2)-c2ccccc2B2c4ccccc4-c4ccccc4N23)c1.c1ccc(-c2cccc(-c3ccc4c(c3)-c3ccccc3B3c5ccccc5-c5ccccc5N34)c2)nc1.c1cncc(-c2cccc(-c3ccc4c(c3)-c3ccccc3B3c5ccccc5-c5ccccc5N34)c2)c1. The zero-order chi connectivity index (χ0) is 97.1. The molecule has 0 aliphatic carbocycles. The number of rotatable bonds is 7. The van der Waals surface area contributed by atoms with Crippen molar-refractivity contribution < 1.29 is 0 Å². The number of anilines is 8. The Bertz CT molecular complexity index is 8540. The lowest BCUT2D eigenvalue weighted by molar-refractivity contribution is 1.27. The van der Waals surface area contributed by atoms with Crippen molar-refractivity contribution >= 4 is 117 Å². The van der Waals surface area contributed by atoms with Crippen molar-refractivity contribution in [2.75, 3.05) is 19.2 Å². The van der Waals surface area contributed by atoms with Crippen molar-refractivity contribution in [2.45, 2.75) is 6.92 Å². The minimum Gasteiger partial charge on any atom is -0.376 e. The van der Waals surface area contributed by atoms with Gasteiger partial charge in [-0.25, -0.2) is 0 Å². The molecular weight excluding hydrogens is 1780 g/mol. The van der Waals surface area contributed by atoms with E-state index in [1.807, 2.05) is 61.6 Å². The summed E-state index contributed by atoms with van der Waals surface area (Å²) in [6, 6.07) is 177. The van der Waals surface area contributed by atoms with Crippen molar-refractivity contribution in [3.8, 4) is 167 Å². The predicted molar refractivity (Wildman–Crippen MR) is 618 cm³/mol. The predicted octanol–water partition coefficient (Wildman–Crippen LogP) is 27.9. The first-order valence-corrected chi connectivity index (χ1v) is 50.7. The molecule has 147 heavy (non-hydrogen) atoms. The van der Waals surface area contributed by atoms with Crippen molar-refractivity contribution in [1.82, 2.24) is 19.9 Å². The van der Waals surface area contributed by atoms with Crippen molar-refractivity contribution in [1.29, 1.82) is 0 Å². The van der Waals surface area contributed by atoms with Crippen molar-refractivity contribution in [2.24, 2.45) is 0 Å². The van der Waals surface area contributed by atoms with Gasteiger partial charge in [0.1, 0.15) is 0 Å². The summed E-state index contributed by atoms with van der Waals surface area (Å²) in [6.07, 6.45) is 13.2. The summed E-state index contributed by atoms with van der Waals surface area (Å²) < 4.78 is 0. The fourth-order valence-corrected chi connectivity index (χ4v) is 24.4. The van der Waals surface area contributed by atoms with Gasteiger partial charge in [0, 0.05) is 150 Å². The minimum atomic E-state index is 0.142. The number of aromatic nitrogens is 4. The molecule has 0 radical (unpaired) electrons. The van der Waals surface area contributed by atoms with Crippen LogP contribution in [0.4, 0.5) is 45.5 Å². The van der Waals surface area contributed by atoms with Crippen LogP contribution < -0.4 is 62.9 Å². The van der Waals surface area contributed by atoms with E-state index in [1.54, 1.807) is 0 Å². The smallest absolute Gasteiger partial charge is 0.329 e. The van der Waals surface area contributed by atoms with E-state index >= 15 is 0 Å². The minimum absolute atomic E-state index is 0.142. The van der Waals surface area contributed by atoms with Crippen LogP contribution >= 0.6 is 0 Å². The van der Waals surface area contributed by atoms with E-state index in [-0.39, 0.29) is 27.4 Å². The number of para-hydroxylation sites is 4. The van der Waals surface area contributed by atoms with Crippen LogP contribution in [0, 0.1) is 6.92 Å². The Kier molecular flexibility index (Phi) is 21.1. The van der Waals surface area contributed by atoms with Gasteiger partial charge in [-0.3, -0.25) is 19.9 Å². The summed E-state index contributed by atoms with van der Waals surface area (Å²) in [4.78, 5) is 27.7. The summed E-state index contributed by atoms with van der Waals surface area (Å²) >= 11 is 0. The molecule has 12 heteroatoms. The number of hydrogen-bond acceptors (Lipinski definition) is 8. The second kappa shape index (κ2) is 36.0. The Balaban J connectivity index is 0.0000000948. The molecule has 0 N–H and O–H groups in total. The molecule has 0 saturated carbocycles. The maximum absolute atomic E-state index is 4.56. The second-order valence-corrected chi connectivity index (χ2v) is 39.0. The molecule has 0 fully saturated rings. The average molecular weight is 1870 g/mol. The van der Waals surface area contributed by atoms with Gasteiger partial charge in [-0.1, -0.05) is 358 Å². The summed E-state index contributed by atoms with van der Waals surface area (Å²) in [7, 11) is 0. The van der Waals surface area contributed by atoms with Crippen LogP contribution in [-0.2, 0) is 0 Å². The van der Waals surface area contributed by atoms with Gasteiger partial charge >= 0.3 is 27.4 Å². The normalized spacial score (nSPS) is 12.7. The first kappa shape index (κ1) is 86.2. The Morgan fingerprint density at radius 2 is 0.408 bits per heavy atom. The van der Waals surface area contributed by atoms with E-state index in [0.717, 1.165) is 22.4 Å². The molecule has 8 nitrogen and oxygen atoms in total. The number of pyridine rings is 4. The molecule has 0 saturated heterocycles. The highest BCUT2D eigenvalue weighted by Gasteiger charge is 2.47. The van der Waals surface area contributed by atoms with Crippen molar-refractivity contribution in [3.63, 3.8) is 0 Å². The largest absolute Gasteiger partial charge is 0.376 e. The summed E-state index contributed by atoms with van der Waals surface area (Å²) in [6.45, 7) is 2.68. The summed E-state index contributed by atoms with van der Waals surface area (Å²) in [5.74, 6) is 0. The highest BCUT2D eigenvalue weighted by molar-refractivity contribution is 6.95. The van der Waals surface area contributed by atoms with Crippen LogP contribution in [-0.4, -0.2) is 47.3 Å². The molecule has 0 spiro atoms. The number of aryl methyl sites for hydroxylation is 1. The molecular formula is C135H90B4N8. The van der Waals surface area contributed by atoms with Gasteiger partial charge in [0.25, 0.3) is 0 Å². The van der Waals surface area contributed by atoms with Gasteiger partial charge in [-0.2, -0.15) is 0 Å². The zero-order valence-corrected chi connectivity index (χ0v) is 80.6. The highest BCUT2D eigenvalue weighted by atomic mass is 15.1. The third-order valence-electron chi connectivity index (χ3n) is 30.8. The lowest BCUT2D eigenvalue weighted by Crippen LogP contribution is -2.59. The fourth-order valence-electron chi connectivity index (χ4n) is 24.4. The lowest BCUT2D eigenvalue weighted by Gasteiger charge is -2.43. The molecule has 0 bridgehead atoms. The van der Waals surface area contributed by atoms with E-state index in [2.05, 4.69) is 513 Å². The van der Waals surface area contributed by atoms with Gasteiger partial charge in [-0.15, -0.1) is 0 Å². The highest BCUT2D eigenvalue weighted by Crippen LogP contribution is 2.54. The third kappa shape index (κ3) is 14.6. The molecule has 8 aliphatic rings. The van der Waals surface area contributed by atoms with Gasteiger partial charge in [0.2, 0.25) is 0 Å². The standard InChI is InChI=1S/3C35H23BN2.C30H21BN2/c1-4-15-32-28(12-1)30-14-3-6-17-34(30)38-35-19-18-26(22-31(35)29-13-2-5-16-33(29)36(32)38)24-9-7-10-25(21-24)27-11-8-20-37-23-27;1-4-15-31-27(12-1)29-14-3-6-18-34(29)38-35-20-19-25(23-30(35)28-13-2-5-16-32(28)36(31)38)24-10-9-11-26(22-24)33-17-7-8-21-37-33;1-4-13-32-28(10-1)30-12-3-6-15-34(30)38-35-17-16-27(23-31(35)29-11-2-5-14-33(29)36(32)38)26-9-7-8-25(22-26)24-18-20-37-21-19-24;1-20-16-22(19-32-18-20)21-14-15-30-26(17-21)24-9-3-6-12-28(24)31-27-11-5-2-8-23(27)25-10-4-7-13-29(25)33(30)31/h3*1-23H;2-19H,1H3. The molecule has 682 valence electrons. The Morgan fingerprint density at radius 3 is 0.728 bits per heavy atom. The number of fused-ring (bicyclic) bond motifs is 44. The van der Waals surface area contributed by atoms with Crippen LogP contribution in [0.15, 0.2) is 529 Å². The first-order chi connectivity index (χ1) is 72.9. The third-order valence-corrected chi connectivity index (χ3v) is 30.8. The Morgan fingerprint density at radius 1 is 0.150 bits per heavy atom. The quantitative estimate of drug-likeness (QED) is 0.146. The molecule has 31 rings (SSSR count). The van der Waals surface area contributed by atoms with Gasteiger partial charge in [0.15, 0.2) is 0 Å². The Labute approximate surface area is 857 Å². The van der Waals surface area contributed by atoms with Crippen LogP contribution in [0.25, 0.3) is 167 Å². The van der Waals surface area contributed by atoms with E-state index in [1.165, 1.54) is 239 Å². The van der Waals surface area contributed by atoms with Gasteiger partial charge < -0.3 is 19.2 Å². The molecule has 8 aliphatic heterocycles. The second-order valence-electron chi connectivity index (χ2n) is 39.0. The average Bonchev–Trinajstić information content (AvgIpc) is 0.719. The molecule has 0 amide bonds. The number of hydrogen-bond donors (Lipinski definition) is 0. The van der Waals surface area contributed by atoms with Crippen molar-refractivity contribution in [3.05, 3.63) is 534 Å². The van der Waals surface area contributed by atoms with Gasteiger partial charge in [0.05, 0.1) is 5.69 Å². The monoisotopic (exact) mass is 1870 g/mol. The van der Waals surface area contributed by atoms with Crippen LogP contribution in [0.1, 0.15) is 5.56 Å². The van der Waals surface area contributed by atoms with E-state index < -0.39 is 0 Å². The molecule has 4 aromatic heterocycles.